The van der Waals surface area contributed by atoms with Crippen LogP contribution in [0.2, 0.25) is 0 Å². The smallest absolute Gasteiger partial charge is 0.324 e. The SMILES string of the molecule is Cc1cc2nsnc2cc1Nc1ncc2c(n1)n(C1CCSCC1)c(=O)n2C. The number of hydrogen-bond donors (Lipinski definition) is 1. The monoisotopic (exact) mass is 413 g/mol. The third-order valence-corrected chi connectivity index (χ3v) is 6.84. The van der Waals surface area contributed by atoms with Gasteiger partial charge in [0, 0.05) is 18.8 Å². The predicted molar refractivity (Wildman–Crippen MR) is 114 cm³/mol. The number of fused-ring (bicyclic) bond motifs is 2. The van der Waals surface area contributed by atoms with E-state index in [1.807, 2.05) is 35.4 Å². The number of aryl methyl sites for hydroxylation is 2. The number of benzene rings is 1. The minimum absolute atomic E-state index is 0.0236. The summed E-state index contributed by atoms with van der Waals surface area (Å²) in [6.07, 6.45) is 3.70. The molecule has 4 aromatic rings. The number of thioether (sulfide) groups is 1. The van der Waals surface area contributed by atoms with Gasteiger partial charge >= 0.3 is 5.69 Å². The molecule has 3 aromatic heterocycles. The number of anilines is 2. The average molecular weight is 414 g/mol. The van der Waals surface area contributed by atoms with Crippen molar-refractivity contribution in [2.75, 3.05) is 16.8 Å². The van der Waals surface area contributed by atoms with E-state index in [1.54, 1.807) is 17.8 Å². The Kier molecular flexibility index (Phi) is 4.31. The van der Waals surface area contributed by atoms with Crippen LogP contribution in [0.3, 0.4) is 0 Å². The molecule has 0 radical (unpaired) electrons. The molecule has 8 nitrogen and oxygen atoms in total. The standard InChI is InChI=1S/C18H19N7OS2/c1-10-7-13-14(23-28-22-13)8-12(10)20-17-19-9-15-16(21-17)25(18(26)24(15)2)11-3-5-27-6-4-11/h7-9,11H,3-6H2,1-2H3,(H,19,20,21). The Balaban J connectivity index is 1.58. The van der Waals surface area contributed by atoms with Crippen molar-refractivity contribution in [1.82, 2.24) is 27.8 Å². The molecule has 10 heteroatoms. The largest absolute Gasteiger partial charge is 0.330 e. The zero-order chi connectivity index (χ0) is 19.3. The molecule has 0 amide bonds. The summed E-state index contributed by atoms with van der Waals surface area (Å²) >= 11 is 3.14. The van der Waals surface area contributed by atoms with Crippen molar-refractivity contribution in [3.8, 4) is 0 Å². The maximum atomic E-state index is 12.8. The first kappa shape index (κ1) is 17.6. The zero-order valence-electron chi connectivity index (χ0n) is 15.5. The fourth-order valence-corrected chi connectivity index (χ4v) is 5.25. The molecule has 4 heterocycles. The van der Waals surface area contributed by atoms with E-state index in [1.165, 1.54) is 11.7 Å². The van der Waals surface area contributed by atoms with E-state index in [-0.39, 0.29) is 11.7 Å². The molecule has 1 aliphatic rings. The van der Waals surface area contributed by atoms with Gasteiger partial charge in [0.15, 0.2) is 5.65 Å². The number of hydrogen-bond acceptors (Lipinski definition) is 8. The number of rotatable bonds is 3. The van der Waals surface area contributed by atoms with E-state index >= 15 is 0 Å². The van der Waals surface area contributed by atoms with Crippen molar-refractivity contribution < 1.29 is 0 Å². The van der Waals surface area contributed by atoms with Crippen LogP contribution in [0.1, 0.15) is 24.4 Å². The topological polar surface area (TPSA) is 90.5 Å². The van der Waals surface area contributed by atoms with E-state index in [2.05, 4.69) is 19.0 Å². The number of nitrogens with one attached hydrogen (secondary N) is 1. The Morgan fingerprint density at radius 3 is 2.71 bits per heavy atom. The van der Waals surface area contributed by atoms with Crippen molar-refractivity contribution in [1.29, 1.82) is 0 Å². The van der Waals surface area contributed by atoms with Crippen LogP contribution in [-0.2, 0) is 7.05 Å². The van der Waals surface area contributed by atoms with Gasteiger partial charge < -0.3 is 5.32 Å². The maximum absolute atomic E-state index is 12.8. The van der Waals surface area contributed by atoms with Gasteiger partial charge in [-0.05, 0) is 49.0 Å². The molecular formula is C18H19N7OS2. The summed E-state index contributed by atoms with van der Waals surface area (Å²) in [4.78, 5) is 22.0. The Labute approximate surface area is 169 Å². The molecule has 0 aliphatic carbocycles. The maximum Gasteiger partial charge on any atom is 0.330 e. The molecule has 0 atom stereocenters. The third kappa shape index (κ3) is 2.87. The highest BCUT2D eigenvalue weighted by Gasteiger charge is 2.23. The Morgan fingerprint density at radius 2 is 1.93 bits per heavy atom. The van der Waals surface area contributed by atoms with Gasteiger partial charge in [0.25, 0.3) is 0 Å². The highest BCUT2D eigenvalue weighted by atomic mass is 32.2. The van der Waals surface area contributed by atoms with Crippen LogP contribution in [0.4, 0.5) is 11.6 Å². The molecule has 0 bridgehead atoms. The fourth-order valence-electron chi connectivity index (χ4n) is 3.66. The molecule has 1 aromatic carbocycles. The normalized spacial score (nSPS) is 15.5. The Hall–Kier alpha value is -2.46. The molecule has 1 saturated heterocycles. The molecule has 5 rings (SSSR count). The summed E-state index contributed by atoms with van der Waals surface area (Å²) in [6, 6.07) is 4.15. The van der Waals surface area contributed by atoms with E-state index in [9.17, 15) is 4.79 Å². The quantitative estimate of drug-likeness (QED) is 0.551. The van der Waals surface area contributed by atoms with Crippen molar-refractivity contribution in [3.63, 3.8) is 0 Å². The lowest BCUT2D eigenvalue weighted by Gasteiger charge is -2.22. The molecule has 1 fully saturated rings. The van der Waals surface area contributed by atoms with E-state index in [0.717, 1.165) is 52.1 Å². The third-order valence-electron chi connectivity index (χ3n) is 5.23. The first-order chi connectivity index (χ1) is 13.6. The van der Waals surface area contributed by atoms with E-state index in [0.29, 0.717) is 11.6 Å². The lowest BCUT2D eigenvalue weighted by Crippen LogP contribution is -2.28. The van der Waals surface area contributed by atoms with Crippen LogP contribution in [0.5, 0.6) is 0 Å². The first-order valence-corrected chi connectivity index (χ1v) is 11.0. The van der Waals surface area contributed by atoms with Crippen LogP contribution in [0.15, 0.2) is 23.1 Å². The van der Waals surface area contributed by atoms with Crippen LogP contribution >= 0.6 is 23.5 Å². The van der Waals surface area contributed by atoms with Gasteiger partial charge in [-0.3, -0.25) is 9.13 Å². The first-order valence-electron chi connectivity index (χ1n) is 9.13. The van der Waals surface area contributed by atoms with Gasteiger partial charge in [0.2, 0.25) is 5.95 Å². The predicted octanol–water partition coefficient (Wildman–Crippen LogP) is 3.25. The van der Waals surface area contributed by atoms with Gasteiger partial charge in [-0.2, -0.15) is 25.5 Å². The number of imidazole rings is 1. The van der Waals surface area contributed by atoms with Crippen LogP contribution < -0.4 is 11.0 Å². The molecule has 28 heavy (non-hydrogen) atoms. The molecule has 0 saturated carbocycles. The molecule has 1 N–H and O–H groups in total. The summed E-state index contributed by atoms with van der Waals surface area (Å²) in [5.41, 5.74) is 5.08. The van der Waals surface area contributed by atoms with Gasteiger partial charge in [0.05, 0.1) is 17.9 Å². The van der Waals surface area contributed by atoms with Crippen molar-refractivity contribution in [3.05, 3.63) is 34.4 Å². The Bertz CT molecular complexity index is 1240. The van der Waals surface area contributed by atoms with Gasteiger partial charge in [-0.15, -0.1) is 0 Å². The molecule has 0 unspecified atom stereocenters. The summed E-state index contributed by atoms with van der Waals surface area (Å²) in [5, 5.41) is 3.29. The van der Waals surface area contributed by atoms with Crippen LogP contribution in [-0.4, -0.2) is 39.4 Å². The minimum Gasteiger partial charge on any atom is -0.324 e. The van der Waals surface area contributed by atoms with E-state index < -0.39 is 0 Å². The highest BCUT2D eigenvalue weighted by molar-refractivity contribution is 7.99. The summed E-state index contributed by atoms with van der Waals surface area (Å²) in [5.74, 6) is 2.62. The highest BCUT2D eigenvalue weighted by Crippen LogP contribution is 2.29. The Morgan fingerprint density at radius 1 is 1.18 bits per heavy atom. The summed E-state index contributed by atoms with van der Waals surface area (Å²) in [6.45, 7) is 2.01. The molecule has 0 spiro atoms. The van der Waals surface area contributed by atoms with Crippen LogP contribution in [0.25, 0.3) is 22.2 Å². The van der Waals surface area contributed by atoms with Crippen LogP contribution in [0, 0.1) is 6.92 Å². The molecule has 1 aliphatic heterocycles. The second kappa shape index (κ2) is 6.85. The lowest BCUT2D eigenvalue weighted by molar-refractivity contribution is 0.461. The summed E-state index contributed by atoms with van der Waals surface area (Å²) in [7, 11) is 1.78. The lowest BCUT2D eigenvalue weighted by atomic mass is 10.1. The number of nitrogens with zero attached hydrogens (tertiary/aromatic N) is 6. The fraction of sp³-hybridized carbons (Fsp3) is 0.389. The minimum atomic E-state index is -0.0236. The number of aromatic nitrogens is 6. The van der Waals surface area contributed by atoms with Gasteiger partial charge in [0.1, 0.15) is 16.6 Å². The second-order valence-corrected chi connectivity index (χ2v) is 8.76. The second-order valence-electron chi connectivity index (χ2n) is 7.00. The van der Waals surface area contributed by atoms with Crippen molar-refractivity contribution in [2.45, 2.75) is 25.8 Å². The summed E-state index contributed by atoms with van der Waals surface area (Å²) < 4.78 is 12.1. The van der Waals surface area contributed by atoms with Gasteiger partial charge in [-0.25, -0.2) is 9.78 Å². The van der Waals surface area contributed by atoms with E-state index in [4.69, 9.17) is 4.98 Å². The van der Waals surface area contributed by atoms with Crippen molar-refractivity contribution >= 4 is 57.3 Å². The average Bonchev–Trinajstić information content (AvgIpc) is 3.25. The van der Waals surface area contributed by atoms with Crippen molar-refractivity contribution in [2.24, 2.45) is 7.05 Å². The zero-order valence-corrected chi connectivity index (χ0v) is 17.2. The molecular weight excluding hydrogens is 394 g/mol. The van der Waals surface area contributed by atoms with Gasteiger partial charge in [-0.1, -0.05) is 0 Å². The molecule has 144 valence electrons.